The number of carbonyl (C=O) groups is 1. The first-order chi connectivity index (χ1) is 6.68. The summed E-state index contributed by atoms with van der Waals surface area (Å²) in [5, 5.41) is 9.10. The number of hydrogen-bond acceptors (Lipinski definition) is 1. The number of aliphatic carboxylic acids is 1. The maximum absolute atomic E-state index is 11.0. The molecule has 0 bridgehead atoms. The Kier molecular flexibility index (Phi) is 2.80. The van der Waals surface area contributed by atoms with E-state index in [0.717, 1.165) is 24.7 Å². The van der Waals surface area contributed by atoms with Gasteiger partial charge in [-0.05, 0) is 30.6 Å². The second-order valence-electron chi connectivity index (χ2n) is 5.20. The fourth-order valence-electron chi connectivity index (χ4n) is 3.45. The van der Waals surface area contributed by atoms with E-state index in [9.17, 15) is 4.79 Å². The maximum Gasteiger partial charge on any atom is 0.306 e. The SMILES string of the molecule is CC1CC2CCCCC2CC1C(=O)O. The molecule has 80 valence electrons. The molecule has 14 heavy (non-hydrogen) atoms. The molecule has 2 nitrogen and oxygen atoms in total. The summed E-state index contributed by atoms with van der Waals surface area (Å²) in [4.78, 5) is 11.0. The Morgan fingerprint density at radius 3 is 2.29 bits per heavy atom. The van der Waals surface area contributed by atoms with Crippen LogP contribution >= 0.6 is 0 Å². The van der Waals surface area contributed by atoms with Crippen molar-refractivity contribution in [2.24, 2.45) is 23.7 Å². The van der Waals surface area contributed by atoms with E-state index in [0.29, 0.717) is 5.92 Å². The van der Waals surface area contributed by atoms with Crippen molar-refractivity contribution >= 4 is 5.97 Å². The Morgan fingerprint density at radius 1 is 1.14 bits per heavy atom. The van der Waals surface area contributed by atoms with E-state index in [1.165, 1.54) is 25.7 Å². The zero-order valence-corrected chi connectivity index (χ0v) is 8.91. The Balaban J connectivity index is 2.03. The molecule has 2 aliphatic carbocycles. The van der Waals surface area contributed by atoms with E-state index in [1.807, 2.05) is 0 Å². The van der Waals surface area contributed by atoms with Gasteiger partial charge in [0.05, 0.1) is 5.92 Å². The van der Waals surface area contributed by atoms with E-state index >= 15 is 0 Å². The lowest BCUT2D eigenvalue weighted by Crippen LogP contribution is -2.36. The van der Waals surface area contributed by atoms with Gasteiger partial charge in [0.1, 0.15) is 0 Å². The number of carboxylic acids is 1. The van der Waals surface area contributed by atoms with Gasteiger partial charge >= 0.3 is 5.97 Å². The van der Waals surface area contributed by atoms with Crippen LogP contribution in [0, 0.1) is 23.7 Å². The van der Waals surface area contributed by atoms with Crippen LogP contribution in [-0.2, 0) is 4.79 Å². The van der Waals surface area contributed by atoms with Gasteiger partial charge in [0.25, 0.3) is 0 Å². The molecule has 2 rings (SSSR count). The van der Waals surface area contributed by atoms with Crippen LogP contribution in [0.5, 0.6) is 0 Å². The zero-order valence-electron chi connectivity index (χ0n) is 8.91. The van der Waals surface area contributed by atoms with Crippen molar-refractivity contribution in [1.29, 1.82) is 0 Å². The highest BCUT2D eigenvalue weighted by molar-refractivity contribution is 5.70. The van der Waals surface area contributed by atoms with E-state index in [4.69, 9.17) is 5.11 Å². The zero-order chi connectivity index (χ0) is 10.1. The van der Waals surface area contributed by atoms with Gasteiger partial charge in [-0.2, -0.15) is 0 Å². The van der Waals surface area contributed by atoms with Crippen molar-refractivity contribution in [2.75, 3.05) is 0 Å². The summed E-state index contributed by atoms with van der Waals surface area (Å²) in [5.41, 5.74) is 0. The lowest BCUT2D eigenvalue weighted by atomic mass is 9.64. The summed E-state index contributed by atoms with van der Waals surface area (Å²) >= 11 is 0. The monoisotopic (exact) mass is 196 g/mol. The van der Waals surface area contributed by atoms with Crippen molar-refractivity contribution in [3.8, 4) is 0 Å². The molecule has 0 aromatic carbocycles. The third-order valence-corrected chi connectivity index (χ3v) is 4.30. The minimum Gasteiger partial charge on any atom is -0.481 e. The van der Waals surface area contributed by atoms with Crippen molar-refractivity contribution in [3.05, 3.63) is 0 Å². The lowest BCUT2D eigenvalue weighted by molar-refractivity contribution is -0.146. The normalized spacial score (nSPS) is 42.9. The van der Waals surface area contributed by atoms with Gasteiger partial charge in [-0.15, -0.1) is 0 Å². The minimum absolute atomic E-state index is 0.0608. The third-order valence-electron chi connectivity index (χ3n) is 4.30. The van der Waals surface area contributed by atoms with Gasteiger partial charge in [0.2, 0.25) is 0 Å². The molecule has 4 unspecified atom stereocenters. The molecule has 0 aliphatic heterocycles. The number of hydrogen-bond donors (Lipinski definition) is 1. The topological polar surface area (TPSA) is 37.3 Å². The van der Waals surface area contributed by atoms with Gasteiger partial charge in [0.15, 0.2) is 0 Å². The first-order valence-corrected chi connectivity index (χ1v) is 5.91. The molecule has 2 aliphatic rings. The lowest BCUT2D eigenvalue weighted by Gasteiger charge is -2.41. The van der Waals surface area contributed by atoms with Crippen LogP contribution in [0.3, 0.4) is 0 Å². The molecular formula is C12H20O2. The number of fused-ring (bicyclic) bond motifs is 1. The Bertz CT molecular complexity index is 224. The van der Waals surface area contributed by atoms with E-state index < -0.39 is 5.97 Å². The van der Waals surface area contributed by atoms with E-state index in [-0.39, 0.29) is 5.92 Å². The smallest absolute Gasteiger partial charge is 0.306 e. The van der Waals surface area contributed by atoms with Gasteiger partial charge < -0.3 is 5.11 Å². The molecule has 0 spiro atoms. The summed E-state index contributed by atoms with van der Waals surface area (Å²) in [6.07, 6.45) is 7.42. The van der Waals surface area contributed by atoms with Crippen LogP contribution in [0.25, 0.3) is 0 Å². The molecular weight excluding hydrogens is 176 g/mol. The van der Waals surface area contributed by atoms with Crippen molar-refractivity contribution in [1.82, 2.24) is 0 Å². The molecule has 0 amide bonds. The molecule has 0 saturated heterocycles. The van der Waals surface area contributed by atoms with Crippen molar-refractivity contribution < 1.29 is 9.90 Å². The van der Waals surface area contributed by atoms with Crippen LogP contribution in [0.1, 0.15) is 45.4 Å². The standard InChI is InChI=1S/C12H20O2/c1-8-6-9-4-2-3-5-10(9)7-11(8)12(13)14/h8-11H,2-7H2,1H3,(H,13,14). The number of carboxylic acid groups (broad SMARTS) is 1. The van der Waals surface area contributed by atoms with Gasteiger partial charge in [-0.3, -0.25) is 4.79 Å². The second-order valence-corrected chi connectivity index (χ2v) is 5.20. The highest BCUT2D eigenvalue weighted by Crippen LogP contribution is 2.45. The molecule has 0 aromatic rings. The predicted molar refractivity (Wildman–Crippen MR) is 55.0 cm³/mol. The van der Waals surface area contributed by atoms with Crippen molar-refractivity contribution in [3.63, 3.8) is 0 Å². The van der Waals surface area contributed by atoms with Crippen LogP contribution in [0.4, 0.5) is 0 Å². The Hall–Kier alpha value is -0.530. The fraction of sp³-hybridized carbons (Fsp3) is 0.917. The fourth-order valence-corrected chi connectivity index (χ4v) is 3.45. The molecule has 4 atom stereocenters. The quantitative estimate of drug-likeness (QED) is 0.700. The van der Waals surface area contributed by atoms with Crippen LogP contribution in [-0.4, -0.2) is 11.1 Å². The highest BCUT2D eigenvalue weighted by atomic mass is 16.4. The molecule has 0 aromatic heterocycles. The van der Waals surface area contributed by atoms with Gasteiger partial charge in [-0.25, -0.2) is 0 Å². The summed E-state index contributed by atoms with van der Waals surface area (Å²) in [6, 6.07) is 0. The Morgan fingerprint density at radius 2 is 1.71 bits per heavy atom. The maximum atomic E-state index is 11.0. The first-order valence-electron chi connectivity index (χ1n) is 5.91. The Labute approximate surface area is 85.7 Å². The summed E-state index contributed by atoms with van der Waals surface area (Å²) in [7, 11) is 0. The van der Waals surface area contributed by atoms with Crippen LogP contribution < -0.4 is 0 Å². The molecule has 2 fully saturated rings. The largest absolute Gasteiger partial charge is 0.481 e. The summed E-state index contributed by atoms with van der Waals surface area (Å²) in [5.74, 6) is 1.33. The van der Waals surface area contributed by atoms with Gasteiger partial charge in [0, 0.05) is 0 Å². The second kappa shape index (κ2) is 3.92. The van der Waals surface area contributed by atoms with Gasteiger partial charge in [-0.1, -0.05) is 32.6 Å². The number of rotatable bonds is 1. The average Bonchev–Trinajstić information content (AvgIpc) is 2.16. The molecule has 2 heteroatoms. The van der Waals surface area contributed by atoms with E-state index in [1.54, 1.807) is 0 Å². The minimum atomic E-state index is -0.568. The molecule has 0 radical (unpaired) electrons. The molecule has 0 heterocycles. The first kappa shape index (κ1) is 10.0. The summed E-state index contributed by atoms with van der Waals surface area (Å²) < 4.78 is 0. The highest BCUT2D eigenvalue weighted by Gasteiger charge is 2.39. The average molecular weight is 196 g/mol. The molecule has 2 saturated carbocycles. The van der Waals surface area contributed by atoms with Crippen LogP contribution in [0.2, 0.25) is 0 Å². The summed E-state index contributed by atoms with van der Waals surface area (Å²) in [6.45, 7) is 2.11. The van der Waals surface area contributed by atoms with Crippen LogP contribution in [0.15, 0.2) is 0 Å². The van der Waals surface area contributed by atoms with E-state index in [2.05, 4.69) is 6.92 Å². The van der Waals surface area contributed by atoms with Crippen molar-refractivity contribution in [2.45, 2.75) is 45.4 Å². The third kappa shape index (κ3) is 1.79. The molecule has 1 N–H and O–H groups in total. The predicted octanol–water partition coefficient (Wildman–Crippen LogP) is 2.92.